The summed E-state index contributed by atoms with van der Waals surface area (Å²) in [5.74, 6) is -0.801. The maximum Gasteiger partial charge on any atom is 0.325 e. The van der Waals surface area contributed by atoms with Crippen molar-refractivity contribution in [2.45, 2.75) is 31.7 Å². The van der Waals surface area contributed by atoms with Crippen LogP contribution in [0, 0.1) is 0 Å². The van der Waals surface area contributed by atoms with E-state index in [2.05, 4.69) is 10.6 Å². The van der Waals surface area contributed by atoms with Crippen LogP contribution in [-0.2, 0) is 15.1 Å². The predicted molar refractivity (Wildman–Crippen MR) is 120 cm³/mol. The van der Waals surface area contributed by atoms with E-state index in [9.17, 15) is 14.4 Å². The number of amides is 4. The van der Waals surface area contributed by atoms with Crippen LogP contribution in [0.4, 0.5) is 10.5 Å². The summed E-state index contributed by atoms with van der Waals surface area (Å²) >= 11 is 0. The normalized spacial score (nSPS) is 18.3. The Morgan fingerprint density at radius 3 is 2.45 bits per heavy atom. The molecule has 0 bridgehead atoms. The molecule has 3 aromatic rings. The van der Waals surface area contributed by atoms with Crippen molar-refractivity contribution in [2.75, 3.05) is 11.9 Å². The first-order valence-corrected chi connectivity index (χ1v) is 10.5. The first-order valence-electron chi connectivity index (χ1n) is 10.5. The van der Waals surface area contributed by atoms with Crippen molar-refractivity contribution in [3.63, 3.8) is 0 Å². The van der Waals surface area contributed by atoms with E-state index in [0.29, 0.717) is 12.1 Å². The van der Waals surface area contributed by atoms with Gasteiger partial charge < -0.3 is 10.6 Å². The van der Waals surface area contributed by atoms with E-state index in [1.165, 1.54) is 0 Å². The van der Waals surface area contributed by atoms with Gasteiger partial charge in [0, 0.05) is 11.1 Å². The summed E-state index contributed by atoms with van der Waals surface area (Å²) in [6, 6.07) is 22.0. The molecular formula is C25H25N3O3. The second-order valence-electron chi connectivity index (χ2n) is 7.77. The second kappa shape index (κ2) is 8.60. The zero-order chi connectivity index (χ0) is 21.8. The third kappa shape index (κ3) is 3.89. The molecule has 0 radical (unpaired) electrons. The van der Waals surface area contributed by atoms with E-state index >= 15 is 0 Å². The number of unbranched alkanes of at least 4 members (excludes halogenated alkanes) is 1. The first kappa shape index (κ1) is 20.6. The molecule has 1 fully saturated rings. The fraction of sp³-hybridized carbons (Fsp3) is 0.240. The molecular weight excluding hydrogens is 390 g/mol. The first-order chi connectivity index (χ1) is 15.0. The smallest absolute Gasteiger partial charge is 0.324 e. The SMILES string of the molecule is CCCCC1(c2ccccc2)NC(=O)N(CC(=O)Nc2cccc3ccccc23)C1=O. The van der Waals surface area contributed by atoms with Crippen molar-refractivity contribution in [1.29, 1.82) is 0 Å². The van der Waals surface area contributed by atoms with Crippen LogP contribution in [0.2, 0.25) is 0 Å². The van der Waals surface area contributed by atoms with Crippen LogP contribution in [0.25, 0.3) is 10.8 Å². The topological polar surface area (TPSA) is 78.5 Å². The molecule has 1 atom stereocenters. The zero-order valence-electron chi connectivity index (χ0n) is 17.4. The van der Waals surface area contributed by atoms with Crippen LogP contribution in [0.1, 0.15) is 31.7 Å². The van der Waals surface area contributed by atoms with Crippen molar-refractivity contribution in [3.05, 3.63) is 78.4 Å². The number of benzene rings is 3. The average molecular weight is 415 g/mol. The van der Waals surface area contributed by atoms with Crippen LogP contribution in [0.3, 0.4) is 0 Å². The number of carbonyl (C=O) groups is 3. The molecule has 2 N–H and O–H groups in total. The molecule has 31 heavy (non-hydrogen) atoms. The summed E-state index contributed by atoms with van der Waals surface area (Å²) in [5, 5.41) is 7.62. The van der Waals surface area contributed by atoms with Crippen molar-refractivity contribution in [1.82, 2.24) is 10.2 Å². The minimum atomic E-state index is -1.13. The van der Waals surface area contributed by atoms with Gasteiger partial charge in [-0.2, -0.15) is 0 Å². The van der Waals surface area contributed by atoms with Gasteiger partial charge in [-0.1, -0.05) is 86.5 Å². The van der Waals surface area contributed by atoms with Crippen LogP contribution in [-0.4, -0.2) is 29.3 Å². The Morgan fingerprint density at radius 1 is 0.968 bits per heavy atom. The standard InChI is InChI=1S/C25H25N3O3/c1-2-3-16-25(19-12-5-4-6-13-19)23(30)28(24(31)27-25)17-22(29)26-21-15-9-11-18-10-7-8-14-20(18)21/h4-15H,2-3,16-17H2,1H3,(H,26,29)(H,27,31). The number of fused-ring (bicyclic) bond motifs is 1. The summed E-state index contributed by atoms with van der Waals surface area (Å²) in [6.45, 7) is 1.70. The van der Waals surface area contributed by atoms with E-state index in [4.69, 9.17) is 0 Å². The lowest BCUT2D eigenvalue weighted by Gasteiger charge is -2.27. The Kier molecular flexibility index (Phi) is 5.71. The fourth-order valence-electron chi connectivity index (χ4n) is 4.11. The molecule has 6 nitrogen and oxygen atoms in total. The molecule has 1 saturated heterocycles. The average Bonchev–Trinajstić information content (AvgIpc) is 3.03. The molecule has 0 saturated carbocycles. The van der Waals surface area contributed by atoms with Crippen molar-refractivity contribution >= 4 is 34.3 Å². The number of carbonyl (C=O) groups excluding carboxylic acids is 3. The molecule has 1 aliphatic heterocycles. The Morgan fingerprint density at radius 2 is 1.68 bits per heavy atom. The fourth-order valence-corrected chi connectivity index (χ4v) is 4.11. The molecule has 4 amide bonds. The van der Waals surface area contributed by atoms with Crippen LogP contribution >= 0.6 is 0 Å². The Bertz CT molecular complexity index is 1120. The van der Waals surface area contributed by atoms with Crippen molar-refractivity contribution in [2.24, 2.45) is 0 Å². The molecule has 6 heteroatoms. The zero-order valence-corrected chi connectivity index (χ0v) is 17.4. The number of imide groups is 1. The number of urea groups is 1. The highest BCUT2D eigenvalue weighted by atomic mass is 16.2. The van der Waals surface area contributed by atoms with Crippen LogP contribution in [0.5, 0.6) is 0 Å². The molecule has 1 aliphatic rings. The molecule has 0 spiro atoms. The lowest BCUT2D eigenvalue weighted by Crippen LogP contribution is -2.44. The third-order valence-corrected chi connectivity index (χ3v) is 5.71. The molecule has 4 rings (SSSR count). The van der Waals surface area contributed by atoms with Gasteiger partial charge in [0.2, 0.25) is 5.91 Å². The summed E-state index contributed by atoms with van der Waals surface area (Å²) in [4.78, 5) is 40.0. The second-order valence-corrected chi connectivity index (χ2v) is 7.77. The molecule has 3 aromatic carbocycles. The summed E-state index contributed by atoms with van der Waals surface area (Å²) < 4.78 is 0. The minimum Gasteiger partial charge on any atom is -0.324 e. The number of rotatable bonds is 7. The molecule has 1 heterocycles. The Labute approximate surface area is 181 Å². The maximum atomic E-state index is 13.4. The highest BCUT2D eigenvalue weighted by molar-refractivity contribution is 6.11. The van der Waals surface area contributed by atoms with E-state index in [0.717, 1.165) is 34.1 Å². The van der Waals surface area contributed by atoms with Gasteiger partial charge in [0.05, 0.1) is 0 Å². The molecule has 158 valence electrons. The van der Waals surface area contributed by atoms with Crippen LogP contribution < -0.4 is 10.6 Å². The van der Waals surface area contributed by atoms with Crippen molar-refractivity contribution in [3.8, 4) is 0 Å². The van der Waals surface area contributed by atoms with Gasteiger partial charge in [-0.25, -0.2) is 4.79 Å². The van der Waals surface area contributed by atoms with Gasteiger partial charge in [-0.15, -0.1) is 0 Å². The van der Waals surface area contributed by atoms with Gasteiger partial charge in [0.25, 0.3) is 5.91 Å². The predicted octanol–water partition coefficient (Wildman–Crippen LogP) is 4.42. The number of nitrogens with zero attached hydrogens (tertiary/aromatic N) is 1. The maximum absolute atomic E-state index is 13.4. The number of anilines is 1. The van der Waals surface area contributed by atoms with Gasteiger partial charge in [-0.05, 0) is 23.4 Å². The van der Waals surface area contributed by atoms with Gasteiger partial charge >= 0.3 is 6.03 Å². The van der Waals surface area contributed by atoms with Crippen LogP contribution in [0.15, 0.2) is 72.8 Å². The Hall–Kier alpha value is -3.67. The largest absolute Gasteiger partial charge is 0.325 e. The highest BCUT2D eigenvalue weighted by Gasteiger charge is 2.52. The monoisotopic (exact) mass is 415 g/mol. The molecule has 1 unspecified atom stereocenters. The van der Waals surface area contributed by atoms with Gasteiger partial charge in [-0.3, -0.25) is 14.5 Å². The molecule has 0 aromatic heterocycles. The summed E-state index contributed by atoms with van der Waals surface area (Å²) in [6.07, 6.45) is 2.15. The third-order valence-electron chi connectivity index (χ3n) is 5.71. The van der Waals surface area contributed by atoms with E-state index in [1.807, 2.05) is 79.7 Å². The quantitative estimate of drug-likeness (QED) is 0.561. The minimum absolute atomic E-state index is 0.339. The van der Waals surface area contributed by atoms with E-state index in [-0.39, 0.29) is 12.5 Å². The van der Waals surface area contributed by atoms with Gasteiger partial charge in [0.1, 0.15) is 12.1 Å². The number of hydrogen-bond acceptors (Lipinski definition) is 3. The van der Waals surface area contributed by atoms with E-state index < -0.39 is 17.5 Å². The lowest BCUT2D eigenvalue weighted by atomic mass is 9.85. The summed E-state index contributed by atoms with van der Waals surface area (Å²) in [7, 11) is 0. The summed E-state index contributed by atoms with van der Waals surface area (Å²) in [5.41, 5.74) is 0.253. The Balaban J connectivity index is 1.56. The van der Waals surface area contributed by atoms with Crippen molar-refractivity contribution < 1.29 is 14.4 Å². The van der Waals surface area contributed by atoms with E-state index in [1.54, 1.807) is 0 Å². The lowest BCUT2D eigenvalue weighted by molar-refractivity contribution is -0.134. The number of nitrogens with one attached hydrogen (secondary N) is 2. The highest BCUT2D eigenvalue weighted by Crippen LogP contribution is 2.34. The molecule has 0 aliphatic carbocycles. The van der Waals surface area contributed by atoms with Gasteiger partial charge in [0.15, 0.2) is 0 Å². The number of hydrogen-bond donors (Lipinski definition) is 2.